The van der Waals surface area contributed by atoms with Gasteiger partial charge in [0.15, 0.2) is 0 Å². The van der Waals surface area contributed by atoms with Crippen molar-refractivity contribution < 1.29 is 18.3 Å². The Bertz CT molecular complexity index is 556. The Morgan fingerprint density at radius 1 is 1.27 bits per heavy atom. The Morgan fingerprint density at radius 3 is 2.55 bits per heavy atom. The molecule has 2 rings (SSSR count). The van der Waals surface area contributed by atoms with Crippen LogP contribution in [-0.4, -0.2) is 36.2 Å². The van der Waals surface area contributed by atoms with Crippen molar-refractivity contribution in [2.45, 2.75) is 25.9 Å². The molecule has 120 valence electrons. The highest BCUT2D eigenvalue weighted by molar-refractivity contribution is 5.37. The van der Waals surface area contributed by atoms with E-state index in [0.29, 0.717) is 12.1 Å². The van der Waals surface area contributed by atoms with E-state index in [1.165, 1.54) is 12.1 Å². The van der Waals surface area contributed by atoms with Crippen LogP contribution in [0, 0.1) is 17.3 Å². The van der Waals surface area contributed by atoms with E-state index in [2.05, 4.69) is 23.7 Å². The van der Waals surface area contributed by atoms with Crippen molar-refractivity contribution in [3.8, 4) is 11.8 Å². The molecule has 1 saturated heterocycles. The molecule has 0 bridgehead atoms. The fourth-order valence-corrected chi connectivity index (χ4v) is 2.69. The number of aliphatic hydroxyl groups excluding tert-OH is 1. The molecule has 22 heavy (non-hydrogen) atoms. The summed E-state index contributed by atoms with van der Waals surface area (Å²) in [6.45, 7) is 4.53. The normalized spacial score (nSPS) is 23.0. The first kappa shape index (κ1) is 16.9. The maximum absolute atomic E-state index is 12.5. The summed E-state index contributed by atoms with van der Waals surface area (Å²) in [5.41, 5.74) is -0.156. The van der Waals surface area contributed by atoms with Crippen molar-refractivity contribution in [2.75, 3.05) is 26.2 Å². The highest BCUT2D eigenvalue weighted by atomic mass is 19.4. The first-order valence-electron chi connectivity index (χ1n) is 7.32. The van der Waals surface area contributed by atoms with Gasteiger partial charge in [-0.1, -0.05) is 18.8 Å². The second-order valence-corrected chi connectivity index (χ2v) is 6.16. The van der Waals surface area contributed by atoms with E-state index in [-0.39, 0.29) is 12.0 Å². The molecule has 0 saturated carbocycles. The Balaban J connectivity index is 1.94. The molecular weight excluding hydrogens is 291 g/mol. The van der Waals surface area contributed by atoms with Crippen molar-refractivity contribution in [1.29, 1.82) is 0 Å². The largest absolute Gasteiger partial charge is 0.416 e. The molecule has 2 nitrogen and oxygen atoms in total. The zero-order valence-corrected chi connectivity index (χ0v) is 12.6. The van der Waals surface area contributed by atoms with E-state index in [1.807, 2.05) is 0 Å². The molecule has 1 atom stereocenters. The van der Waals surface area contributed by atoms with E-state index < -0.39 is 11.7 Å². The van der Waals surface area contributed by atoms with Crippen LogP contribution in [-0.2, 0) is 6.18 Å². The molecule has 1 aromatic carbocycles. The predicted octanol–water partition coefficient (Wildman–Crippen LogP) is 3.15. The molecule has 1 fully saturated rings. The highest BCUT2D eigenvalue weighted by Gasteiger charge is 2.30. The monoisotopic (exact) mass is 311 g/mol. The maximum Gasteiger partial charge on any atom is 0.416 e. The van der Waals surface area contributed by atoms with Gasteiger partial charge in [0, 0.05) is 24.1 Å². The summed E-state index contributed by atoms with van der Waals surface area (Å²) in [5.74, 6) is 5.90. The zero-order chi connectivity index (χ0) is 16.2. The molecule has 0 aliphatic carbocycles. The Labute approximate surface area is 128 Å². The lowest BCUT2D eigenvalue weighted by Crippen LogP contribution is -2.43. The van der Waals surface area contributed by atoms with Gasteiger partial charge in [-0.15, -0.1) is 0 Å². The molecule has 1 N–H and O–H groups in total. The first-order chi connectivity index (χ1) is 10.3. The van der Waals surface area contributed by atoms with Crippen LogP contribution in [0.5, 0.6) is 0 Å². The number of alkyl halides is 3. The van der Waals surface area contributed by atoms with Crippen LogP contribution < -0.4 is 0 Å². The molecule has 1 unspecified atom stereocenters. The van der Waals surface area contributed by atoms with Crippen LogP contribution in [0.15, 0.2) is 24.3 Å². The number of nitrogens with zero attached hydrogens (tertiary/aromatic N) is 1. The van der Waals surface area contributed by atoms with E-state index in [9.17, 15) is 18.3 Å². The van der Waals surface area contributed by atoms with E-state index >= 15 is 0 Å². The second kappa shape index (κ2) is 6.72. The summed E-state index contributed by atoms with van der Waals surface area (Å²) in [6.07, 6.45) is -2.28. The zero-order valence-electron chi connectivity index (χ0n) is 12.6. The Hall–Kier alpha value is -1.51. The van der Waals surface area contributed by atoms with Crippen molar-refractivity contribution in [3.63, 3.8) is 0 Å². The van der Waals surface area contributed by atoms with Gasteiger partial charge in [0.2, 0.25) is 0 Å². The molecule has 1 aliphatic heterocycles. The van der Waals surface area contributed by atoms with Crippen molar-refractivity contribution in [1.82, 2.24) is 4.90 Å². The van der Waals surface area contributed by atoms with Crippen LogP contribution in [0.1, 0.15) is 30.9 Å². The summed E-state index contributed by atoms with van der Waals surface area (Å²) in [4.78, 5) is 2.18. The van der Waals surface area contributed by atoms with Crippen molar-refractivity contribution in [2.24, 2.45) is 5.41 Å². The van der Waals surface area contributed by atoms with Crippen molar-refractivity contribution in [3.05, 3.63) is 35.4 Å². The average Bonchev–Trinajstić information content (AvgIpc) is 2.47. The van der Waals surface area contributed by atoms with Gasteiger partial charge in [0.05, 0.1) is 12.1 Å². The number of halogens is 3. The summed E-state index contributed by atoms with van der Waals surface area (Å²) in [5, 5.41) is 9.41. The summed E-state index contributed by atoms with van der Waals surface area (Å²) < 4.78 is 37.4. The summed E-state index contributed by atoms with van der Waals surface area (Å²) >= 11 is 0. The number of aliphatic hydroxyl groups is 1. The number of likely N-dealkylation sites (tertiary alicyclic amines) is 1. The smallest absolute Gasteiger partial charge is 0.396 e. The maximum atomic E-state index is 12.5. The van der Waals surface area contributed by atoms with Gasteiger partial charge in [0.25, 0.3) is 0 Å². The molecule has 1 aliphatic rings. The average molecular weight is 311 g/mol. The quantitative estimate of drug-likeness (QED) is 0.848. The number of hydrogen-bond acceptors (Lipinski definition) is 2. The minimum Gasteiger partial charge on any atom is -0.396 e. The van der Waals surface area contributed by atoms with E-state index in [1.54, 1.807) is 0 Å². The predicted molar refractivity (Wildman–Crippen MR) is 79.2 cm³/mol. The third-order valence-electron chi connectivity index (χ3n) is 3.99. The Kier molecular flexibility index (Phi) is 5.15. The number of benzene rings is 1. The lowest BCUT2D eigenvalue weighted by molar-refractivity contribution is -0.137. The number of piperidine rings is 1. The SMILES string of the molecule is CC1(CO)CCCN(CC#Cc2ccc(C(F)(F)F)cc2)C1. The standard InChI is InChI=1S/C17H20F3NO/c1-16(13-22)9-3-11-21(12-16)10-2-4-14-5-7-15(8-6-14)17(18,19)20/h5-8,22H,3,9-13H2,1H3. The van der Waals surface area contributed by atoms with Crippen LogP contribution in [0.2, 0.25) is 0 Å². The second-order valence-electron chi connectivity index (χ2n) is 6.16. The fourth-order valence-electron chi connectivity index (χ4n) is 2.69. The van der Waals surface area contributed by atoms with Gasteiger partial charge in [-0.25, -0.2) is 0 Å². The van der Waals surface area contributed by atoms with Gasteiger partial charge in [-0.05, 0) is 43.7 Å². The van der Waals surface area contributed by atoms with Crippen LogP contribution >= 0.6 is 0 Å². The minimum atomic E-state index is -4.31. The Morgan fingerprint density at radius 2 is 1.95 bits per heavy atom. The highest BCUT2D eigenvalue weighted by Crippen LogP contribution is 2.29. The third kappa shape index (κ3) is 4.49. The molecule has 0 radical (unpaired) electrons. The molecule has 0 amide bonds. The first-order valence-corrected chi connectivity index (χ1v) is 7.32. The van der Waals surface area contributed by atoms with Crippen LogP contribution in [0.25, 0.3) is 0 Å². The van der Waals surface area contributed by atoms with Gasteiger partial charge < -0.3 is 5.11 Å². The van der Waals surface area contributed by atoms with Gasteiger partial charge in [-0.3, -0.25) is 4.90 Å². The number of hydrogen-bond donors (Lipinski definition) is 1. The van der Waals surface area contributed by atoms with E-state index in [4.69, 9.17) is 0 Å². The van der Waals surface area contributed by atoms with Crippen molar-refractivity contribution >= 4 is 0 Å². The van der Waals surface area contributed by atoms with Gasteiger partial charge in [0.1, 0.15) is 0 Å². The topological polar surface area (TPSA) is 23.5 Å². The molecule has 0 aromatic heterocycles. The molecule has 1 aromatic rings. The summed E-state index contributed by atoms with van der Waals surface area (Å²) in [7, 11) is 0. The molecular formula is C17H20F3NO. The van der Waals surface area contributed by atoms with Crippen LogP contribution in [0.3, 0.4) is 0 Å². The van der Waals surface area contributed by atoms with Gasteiger partial charge >= 0.3 is 6.18 Å². The summed E-state index contributed by atoms with van der Waals surface area (Å²) in [6, 6.07) is 4.88. The van der Waals surface area contributed by atoms with Gasteiger partial charge in [-0.2, -0.15) is 13.2 Å². The lowest BCUT2D eigenvalue weighted by atomic mass is 9.83. The fraction of sp³-hybridized carbons (Fsp3) is 0.529. The molecule has 0 spiro atoms. The lowest BCUT2D eigenvalue weighted by Gasteiger charge is -2.38. The third-order valence-corrected chi connectivity index (χ3v) is 3.99. The van der Waals surface area contributed by atoms with E-state index in [0.717, 1.165) is 38.1 Å². The minimum absolute atomic E-state index is 0.0751. The molecule has 5 heteroatoms. The van der Waals surface area contributed by atoms with Crippen LogP contribution in [0.4, 0.5) is 13.2 Å². The molecule has 1 heterocycles. The number of rotatable bonds is 2.